The van der Waals surface area contributed by atoms with Crippen LogP contribution < -0.4 is 5.32 Å². The average molecular weight is 360 g/mol. The highest BCUT2D eigenvalue weighted by molar-refractivity contribution is 7.89. The van der Waals surface area contributed by atoms with Crippen molar-refractivity contribution in [2.75, 3.05) is 20.3 Å². The van der Waals surface area contributed by atoms with E-state index in [1.54, 1.807) is 6.92 Å². The monoisotopic (exact) mass is 360 g/mol. The molecule has 1 aliphatic heterocycles. The smallest absolute Gasteiger partial charge is 0.371 e. The second-order valence-corrected chi connectivity index (χ2v) is 7.38. The number of hydrogen-bond acceptors (Lipinski definition) is 6. The SMILES string of the molecule is COC[C@@H](C)NC(=O)C1CCCN1S(=O)(=O)c1ccc(C(=O)O)o1. The highest BCUT2D eigenvalue weighted by atomic mass is 32.2. The lowest BCUT2D eigenvalue weighted by Crippen LogP contribution is -2.49. The molecule has 2 N–H and O–H groups in total. The largest absolute Gasteiger partial charge is 0.475 e. The topological polar surface area (TPSA) is 126 Å². The number of rotatable bonds is 7. The molecular weight excluding hydrogens is 340 g/mol. The number of amides is 1. The Kier molecular flexibility index (Phi) is 5.62. The van der Waals surface area contributed by atoms with Gasteiger partial charge in [-0.05, 0) is 31.9 Å². The van der Waals surface area contributed by atoms with Crippen LogP contribution in [0, 0.1) is 0 Å². The van der Waals surface area contributed by atoms with Crippen LogP contribution in [-0.2, 0) is 19.6 Å². The van der Waals surface area contributed by atoms with Gasteiger partial charge in [-0.15, -0.1) is 0 Å². The quantitative estimate of drug-likeness (QED) is 0.715. The van der Waals surface area contributed by atoms with E-state index in [-0.39, 0.29) is 12.6 Å². The maximum atomic E-state index is 12.6. The second kappa shape index (κ2) is 7.32. The molecule has 0 saturated carbocycles. The Labute approximate surface area is 139 Å². The third-order valence-corrected chi connectivity index (χ3v) is 5.45. The lowest BCUT2D eigenvalue weighted by atomic mass is 10.2. The lowest BCUT2D eigenvalue weighted by molar-refractivity contribution is -0.125. The molecule has 1 fully saturated rings. The Hall–Kier alpha value is -1.91. The van der Waals surface area contributed by atoms with Gasteiger partial charge in [0, 0.05) is 19.7 Å². The van der Waals surface area contributed by atoms with Crippen molar-refractivity contribution >= 4 is 21.9 Å². The minimum absolute atomic E-state index is 0.169. The predicted octanol–water partition coefficient (Wildman–Crippen LogP) is 0.282. The molecule has 0 aromatic carbocycles. The van der Waals surface area contributed by atoms with Gasteiger partial charge in [-0.3, -0.25) is 4.79 Å². The number of sulfonamides is 1. The highest BCUT2D eigenvalue weighted by Gasteiger charge is 2.41. The fourth-order valence-electron chi connectivity index (χ4n) is 2.61. The fourth-order valence-corrected chi connectivity index (χ4v) is 4.18. The van der Waals surface area contributed by atoms with Gasteiger partial charge in [0.2, 0.25) is 16.8 Å². The van der Waals surface area contributed by atoms with Crippen LogP contribution in [0.3, 0.4) is 0 Å². The summed E-state index contributed by atoms with van der Waals surface area (Å²) < 4.78 is 36.1. The van der Waals surface area contributed by atoms with Crippen molar-refractivity contribution < 1.29 is 32.3 Å². The van der Waals surface area contributed by atoms with E-state index in [1.807, 2.05) is 0 Å². The van der Waals surface area contributed by atoms with Crippen LogP contribution in [0.2, 0.25) is 0 Å². The van der Waals surface area contributed by atoms with Crippen molar-refractivity contribution in [2.24, 2.45) is 0 Å². The summed E-state index contributed by atoms with van der Waals surface area (Å²) in [6.45, 7) is 2.23. The molecule has 9 nitrogen and oxygen atoms in total. The molecule has 10 heteroatoms. The van der Waals surface area contributed by atoms with Crippen molar-refractivity contribution in [1.82, 2.24) is 9.62 Å². The number of carboxylic acid groups (broad SMARTS) is 1. The number of carbonyl (C=O) groups is 2. The number of nitrogens with one attached hydrogen (secondary N) is 1. The van der Waals surface area contributed by atoms with Gasteiger partial charge in [-0.1, -0.05) is 0 Å². The van der Waals surface area contributed by atoms with Crippen molar-refractivity contribution in [3.05, 3.63) is 17.9 Å². The molecule has 2 rings (SSSR count). The third-order valence-electron chi connectivity index (χ3n) is 3.67. The number of methoxy groups -OCH3 is 1. The van der Waals surface area contributed by atoms with Crippen LogP contribution in [0.4, 0.5) is 0 Å². The first kappa shape index (κ1) is 18.4. The van der Waals surface area contributed by atoms with Crippen LogP contribution >= 0.6 is 0 Å². The van der Waals surface area contributed by atoms with E-state index in [0.29, 0.717) is 19.4 Å². The summed E-state index contributed by atoms with van der Waals surface area (Å²) in [4.78, 5) is 23.2. The molecule has 0 aliphatic carbocycles. The number of nitrogens with zero attached hydrogens (tertiary/aromatic N) is 1. The van der Waals surface area contributed by atoms with Gasteiger partial charge in [0.1, 0.15) is 6.04 Å². The van der Waals surface area contributed by atoms with Gasteiger partial charge >= 0.3 is 5.97 Å². The summed E-state index contributed by atoms with van der Waals surface area (Å²) in [6.07, 6.45) is 0.916. The van der Waals surface area contributed by atoms with E-state index in [1.165, 1.54) is 7.11 Å². The summed E-state index contributed by atoms with van der Waals surface area (Å²) in [5.74, 6) is -2.24. The minimum Gasteiger partial charge on any atom is -0.475 e. The van der Waals surface area contributed by atoms with Crippen LogP contribution in [0.25, 0.3) is 0 Å². The maximum absolute atomic E-state index is 12.6. The second-order valence-electron chi connectivity index (χ2n) is 5.56. The summed E-state index contributed by atoms with van der Waals surface area (Å²) in [5, 5.41) is 11.1. The molecule has 2 heterocycles. The predicted molar refractivity (Wildman–Crippen MR) is 82.1 cm³/mol. The Morgan fingerprint density at radius 1 is 1.50 bits per heavy atom. The number of carboxylic acids is 1. The van der Waals surface area contributed by atoms with Crippen LogP contribution in [0.5, 0.6) is 0 Å². The summed E-state index contributed by atoms with van der Waals surface area (Å²) in [7, 11) is -2.58. The molecule has 1 amide bonds. The van der Waals surface area contributed by atoms with Crippen LogP contribution in [-0.4, -0.2) is 62.1 Å². The Morgan fingerprint density at radius 3 is 2.79 bits per heavy atom. The van der Waals surface area contributed by atoms with Crippen molar-refractivity contribution in [1.29, 1.82) is 0 Å². The maximum Gasteiger partial charge on any atom is 0.371 e. The van der Waals surface area contributed by atoms with Gasteiger partial charge in [0.25, 0.3) is 10.0 Å². The molecule has 0 bridgehead atoms. The molecule has 0 radical (unpaired) electrons. The number of carbonyl (C=O) groups excluding carboxylic acids is 1. The van der Waals surface area contributed by atoms with Gasteiger partial charge in [0.15, 0.2) is 0 Å². The highest BCUT2D eigenvalue weighted by Crippen LogP contribution is 2.27. The molecule has 1 aliphatic rings. The summed E-state index contributed by atoms with van der Waals surface area (Å²) >= 11 is 0. The van der Waals surface area contributed by atoms with Crippen molar-refractivity contribution in [2.45, 2.75) is 36.9 Å². The van der Waals surface area contributed by atoms with E-state index in [2.05, 4.69) is 5.32 Å². The zero-order chi connectivity index (χ0) is 17.9. The van der Waals surface area contributed by atoms with Gasteiger partial charge in [0.05, 0.1) is 6.61 Å². The first-order valence-electron chi connectivity index (χ1n) is 7.41. The number of aromatic carboxylic acids is 1. The summed E-state index contributed by atoms with van der Waals surface area (Å²) in [5.41, 5.74) is 0. The van der Waals surface area contributed by atoms with Crippen LogP contribution in [0.15, 0.2) is 21.6 Å². The fraction of sp³-hybridized carbons (Fsp3) is 0.571. The first-order chi connectivity index (χ1) is 11.3. The normalized spacial score (nSPS) is 20.0. The molecule has 1 unspecified atom stereocenters. The molecule has 134 valence electrons. The standard InChI is InChI=1S/C14H20N2O7S/c1-9(8-22-2)15-13(17)10-4-3-7-16(10)24(20,21)12-6-5-11(23-12)14(18)19/h5-6,9-10H,3-4,7-8H2,1-2H3,(H,15,17)(H,18,19)/t9-,10?/m1/s1. The minimum atomic E-state index is -4.08. The molecule has 1 aromatic heterocycles. The Balaban J connectivity index is 2.18. The van der Waals surface area contributed by atoms with Gasteiger partial charge in [-0.25, -0.2) is 13.2 Å². The van der Waals surface area contributed by atoms with Gasteiger partial charge in [-0.2, -0.15) is 4.31 Å². The van der Waals surface area contributed by atoms with E-state index in [9.17, 15) is 18.0 Å². The zero-order valence-electron chi connectivity index (χ0n) is 13.4. The molecule has 1 saturated heterocycles. The van der Waals surface area contributed by atoms with E-state index >= 15 is 0 Å². The average Bonchev–Trinajstić information content (AvgIpc) is 3.17. The Bertz CT molecular complexity index is 712. The van der Waals surface area contributed by atoms with E-state index in [0.717, 1.165) is 16.4 Å². The first-order valence-corrected chi connectivity index (χ1v) is 8.85. The molecule has 1 aromatic rings. The molecule has 24 heavy (non-hydrogen) atoms. The van der Waals surface area contributed by atoms with Crippen LogP contribution in [0.1, 0.15) is 30.3 Å². The number of ether oxygens (including phenoxy) is 1. The lowest BCUT2D eigenvalue weighted by Gasteiger charge is -2.23. The van der Waals surface area contributed by atoms with Gasteiger partial charge < -0.3 is 19.6 Å². The molecular formula is C14H20N2O7S. The zero-order valence-corrected chi connectivity index (χ0v) is 14.2. The third kappa shape index (κ3) is 3.77. The van der Waals surface area contributed by atoms with E-state index < -0.39 is 38.8 Å². The van der Waals surface area contributed by atoms with E-state index in [4.69, 9.17) is 14.3 Å². The number of hydrogen-bond donors (Lipinski definition) is 2. The number of furan rings is 1. The molecule has 2 atom stereocenters. The molecule has 0 spiro atoms. The van der Waals surface area contributed by atoms with Crippen molar-refractivity contribution in [3.8, 4) is 0 Å². The van der Waals surface area contributed by atoms with Crippen molar-refractivity contribution in [3.63, 3.8) is 0 Å². The Morgan fingerprint density at radius 2 is 2.21 bits per heavy atom. The summed E-state index contributed by atoms with van der Waals surface area (Å²) in [6, 6.07) is 1.04.